The Morgan fingerprint density at radius 3 is 2.80 bits per heavy atom. The highest BCUT2D eigenvalue weighted by atomic mass is 16.5. The van der Waals surface area contributed by atoms with Crippen molar-refractivity contribution in [1.82, 2.24) is 9.97 Å². The number of methoxy groups -OCH3 is 1. The van der Waals surface area contributed by atoms with E-state index in [4.69, 9.17) is 10.00 Å². The summed E-state index contributed by atoms with van der Waals surface area (Å²) in [7, 11) is 1.71. The minimum atomic E-state index is 0.0482. The second-order valence-electron chi connectivity index (χ2n) is 4.66. The maximum absolute atomic E-state index is 8.80. The molecule has 1 N–H and O–H groups in total. The second kappa shape index (κ2) is 5.27. The molecular formula is C15H14N4O. The molecule has 0 spiro atoms. The van der Waals surface area contributed by atoms with Crippen molar-refractivity contribution in [1.29, 1.82) is 5.26 Å². The van der Waals surface area contributed by atoms with Gasteiger partial charge in [0.1, 0.15) is 12.1 Å². The summed E-state index contributed by atoms with van der Waals surface area (Å²) in [5.74, 6) is 0.782. The van der Waals surface area contributed by atoms with Crippen molar-refractivity contribution in [3.8, 4) is 6.07 Å². The zero-order valence-corrected chi connectivity index (χ0v) is 11.1. The highest BCUT2D eigenvalue weighted by molar-refractivity contribution is 5.62. The number of nitrogens with zero attached hydrogens (tertiary/aromatic N) is 3. The van der Waals surface area contributed by atoms with Crippen molar-refractivity contribution in [3.63, 3.8) is 0 Å². The molecule has 1 aromatic heterocycles. The van der Waals surface area contributed by atoms with E-state index in [1.165, 1.54) is 0 Å². The molecule has 0 amide bonds. The van der Waals surface area contributed by atoms with E-state index in [-0.39, 0.29) is 6.10 Å². The summed E-state index contributed by atoms with van der Waals surface area (Å²) in [6, 6.07) is 9.38. The van der Waals surface area contributed by atoms with Crippen LogP contribution in [0.5, 0.6) is 0 Å². The summed E-state index contributed by atoms with van der Waals surface area (Å²) in [6.07, 6.45) is 3.47. The Hall–Kier alpha value is -2.45. The van der Waals surface area contributed by atoms with Crippen LogP contribution < -0.4 is 5.32 Å². The number of anilines is 2. The SMILES string of the molecule is COC1CCc2ncnc(Nc3ccc(C#N)cc3)c21. The van der Waals surface area contributed by atoms with E-state index in [9.17, 15) is 0 Å². The molecule has 5 heteroatoms. The van der Waals surface area contributed by atoms with Crippen LogP contribution in [0.1, 0.15) is 29.3 Å². The molecule has 0 radical (unpaired) electrons. The lowest BCUT2D eigenvalue weighted by Crippen LogP contribution is -2.04. The van der Waals surface area contributed by atoms with Gasteiger partial charge in [-0.05, 0) is 37.1 Å². The molecule has 2 aromatic rings. The minimum Gasteiger partial charge on any atom is -0.377 e. The number of aromatic nitrogens is 2. The monoisotopic (exact) mass is 266 g/mol. The van der Waals surface area contributed by atoms with Gasteiger partial charge in [-0.1, -0.05) is 0 Å². The Balaban J connectivity index is 1.91. The van der Waals surface area contributed by atoms with Crippen molar-refractivity contribution in [3.05, 3.63) is 47.4 Å². The zero-order chi connectivity index (χ0) is 13.9. The van der Waals surface area contributed by atoms with Crippen LogP contribution in [0.2, 0.25) is 0 Å². The molecule has 5 nitrogen and oxygen atoms in total. The van der Waals surface area contributed by atoms with Crippen molar-refractivity contribution in [2.24, 2.45) is 0 Å². The number of hydrogen-bond acceptors (Lipinski definition) is 5. The molecule has 1 heterocycles. The van der Waals surface area contributed by atoms with E-state index in [2.05, 4.69) is 21.4 Å². The van der Waals surface area contributed by atoms with E-state index >= 15 is 0 Å². The third-order valence-corrected chi connectivity index (χ3v) is 3.49. The lowest BCUT2D eigenvalue weighted by molar-refractivity contribution is 0.105. The predicted molar refractivity (Wildman–Crippen MR) is 74.5 cm³/mol. The number of hydrogen-bond donors (Lipinski definition) is 1. The van der Waals surface area contributed by atoms with Crippen LogP contribution in [0.3, 0.4) is 0 Å². The molecule has 0 saturated heterocycles. The number of rotatable bonds is 3. The van der Waals surface area contributed by atoms with E-state index < -0.39 is 0 Å². The highest BCUT2D eigenvalue weighted by Gasteiger charge is 2.27. The first kappa shape index (κ1) is 12.6. The molecule has 0 bridgehead atoms. The summed E-state index contributed by atoms with van der Waals surface area (Å²) in [6.45, 7) is 0. The molecule has 20 heavy (non-hydrogen) atoms. The van der Waals surface area contributed by atoms with Gasteiger partial charge in [0.25, 0.3) is 0 Å². The van der Waals surface area contributed by atoms with Gasteiger partial charge in [-0.15, -0.1) is 0 Å². The van der Waals surface area contributed by atoms with Crippen LogP contribution in [0, 0.1) is 11.3 Å². The fraction of sp³-hybridized carbons (Fsp3) is 0.267. The standard InChI is InChI=1S/C15H14N4O/c1-20-13-7-6-12-14(13)15(18-9-17-12)19-11-4-2-10(8-16)3-5-11/h2-5,9,13H,6-7H2,1H3,(H,17,18,19). The average molecular weight is 266 g/mol. The fourth-order valence-electron chi connectivity index (χ4n) is 2.48. The Bertz CT molecular complexity index is 661. The van der Waals surface area contributed by atoms with Crippen LogP contribution in [-0.2, 0) is 11.2 Å². The van der Waals surface area contributed by atoms with Gasteiger partial charge in [0.05, 0.1) is 23.4 Å². The molecule has 0 fully saturated rings. The molecule has 1 aromatic carbocycles. The van der Waals surface area contributed by atoms with Crippen molar-refractivity contribution < 1.29 is 4.74 Å². The van der Waals surface area contributed by atoms with Gasteiger partial charge in [-0.2, -0.15) is 5.26 Å². The van der Waals surface area contributed by atoms with Gasteiger partial charge in [0.2, 0.25) is 0 Å². The zero-order valence-electron chi connectivity index (χ0n) is 11.1. The summed E-state index contributed by atoms with van der Waals surface area (Å²) in [4.78, 5) is 8.63. The number of nitrogens with one attached hydrogen (secondary N) is 1. The third kappa shape index (κ3) is 2.22. The van der Waals surface area contributed by atoms with Crippen molar-refractivity contribution in [2.75, 3.05) is 12.4 Å². The predicted octanol–water partition coefficient (Wildman–Crippen LogP) is 2.73. The lowest BCUT2D eigenvalue weighted by atomic mass is 10.2. The van der Waals surface area contributed by atoms with Crippen LogP contribution in [0.15, 0.2) is 30.6 Å². The molecule has 0 aliphatic heterocycles. The second-order valence-corrected chi connectivity index (χ2v) is 4.66. The molecule has 1 aliphatic carbocycles. The minimum absolute atomic E-state index is 0.0482. The van der Waals surface area contributed by atoms with Gasteiger partial charge in [0, 0.05) is 18.4 Å². The molecule has 1 atom stereocenters. The molecule has 3 rings (SSSR count). The number of ether oxygens (including phenoxy) is 1. The maximum atomic E-state index is 8.80. The molecule has 1 aliphatic rings. The molecule has 1 unspecified atom stereocenters. The van der Waals surface area contributed by atoms with E-state index in [1.807, 2.05) is 12.1 Å². The summed E-state index contributed by atoms with van der Waals surface area (Å²) >= 11 is 0. The largest absolute Gasteiger partial charge is 0.377 e. The number of nitriles is 1. The van der Waals surface area contributed by atoms with E-state index in [1.54, 1.807) is 25.6 Å². The maximum Gasteiger partial charge on any atom is 0.139 e. The Morgan fingerprint density at radius 1 is 1.30 bits per heavy atom. The quantitative estimate of drug-likeness (QED) is 0.924. The normalized spacial score (nSPS) is 16.5. The van der Waals surface area contributed by atoms with Crippen LogP contribution in [0.4, 0.5) is 11.5 Å². The van der Waals surface area contributed by atoms with E-state index in [0.717, 1.165) is 35.6 Å². The molecule has 100 valence electrons. The third-order valence-electron chi connectivity index (χ3n) is 3.49. The van der Waals surface area contributed by atoms with Crippen molar-refractivity contribution >= 4 is 11.5 Å². The first-order valence-corrected chi connectivity index (χ1v) is 6.45. The Kier molecular flexibility index (Phi) is 3.32. The van der Waals surface area contributed by atoms with Gasteiger partial charge in [0.15, 0.2) is 0 Å². The number of aryl methyl sites for hydroxylation is 1. The Morgan fingerprint density at radius 2 is 2.10 bits per heavy atom. The van der Waals surface area contributed by atoms with Crippen LogP contribution in [0.25, 0.3) is 0 Å². The number of benzene rings is 1. The van der Waals surface area contributed by atoms with Gasteiger partial charge in [-0.3, -0.25) is 0 Å². The van der Waals surface area contributed by atoms with Crippen molar-refractivity contribution in [2.45, 2.75) is 18.9 Å². The summed E-state index contributed by atoms with van der Waals surface area (Å²) in [5, 5.41) is 12.1. The molecular weight excluding hydrogens is 252 g/mol. The van der Waals surface area contributed by atoms with Crippen LogP contribution in [-0.4, -0.2) is 17.1 Å². The van der Waals surface area contributed by atoms with E-state index in [0.29, 0.717) is 5.56 Å². The average Bonchev–Trinajstić information content (AvgIpc) is 2.92. The fourth-order valence-corrected chi connectivity index (χ4v) is 2.48. The van der Waals surface area contributed by atoms with Gasteiger partial charge >= 0.3 is 0 Å². The number of fused-ring (bicyclic) bond motifs is 1. The molecule has 0 saturated carbocycles. The smallest absolute Gasteiger partial charge is 0.139 e. The first-order valence-electron chi connectivity index (χ1n) is 6.45. The first-order chi connectivity index (χ1) is 9.81. The highest BCUT2D eigenvalue weighted by Crippen LogP contribution is 2.37. The summed E-state index contributed by atoms with van der Waals surface area (Å²) in [5.41, 5.74) is 3.62. The lowest BCUT2D eigenvalue weighted by Gasteiger charge is -2.14. The van der Waals surface area contributed by atoms with Crippen LogP contribution >= 0.6 is 0 Å². The van der Waals surface area contributed by atoms with Gasteiger partial charge in [-0.25, -0.2) is 9.97 Å². The Labute approximate surface area is 117 Å². The summed E-state index contributed by atoms with van der Waals surface area (Å²) < 4.78 is 5.49. The topological polar surface area (TPSA) is 70.8 Å². The van der Waals surface area contributed by atoms with Gasteiger partial charge < -0.3 is 10.1 Å².